The molecule has 0 aliphatic heterocycles. The summed E-state index contributed by atoms with van der Waals surface area (Å²) in [4.78, 5) is 26.7. The molecule has 0 unspecified atom stereocenters. The van der Waals surface area contributed by atoms with Gasteiger partial charge in [0.05, 0.1) is 0 Å². The molecule has 6 nitrogen and oxygen atoms in total. The molecule has 0 aliphatic carbocycles. The minimum Gasteiger partial charge on any atom is -0.352 e. The topological polar surface area (TPSA) is 87.7 Å². The van der Waals surface area contributed by atoms with E-state index in [2.05, 4.69) is 20.5 Å². The van der Waals surface area contributed by atoms with Crippen molar-refractivity contribution in [2.45, 2.75) is 19.4 Å². The number of aromatic amines is 1. The van der Waals surface area contributed by atoms with E-state index in [9.17, 15) is 14.0 Å². The van der Waals surface area contributed by atoms with Crippen molar-refractivity contribution >= 4 is 5.91 Å². The third kappa shape index (κ3) is 4.60. The standard InChI is InChI=1S/C19H17FN4O2/c20-15-8-6-13(7-9-15)12-21-17(25)11-10-16-19(26)22-18(24-23-16)14-4-2-1-3-5-14/h1-9H,10-12H2,(H,21,25)(H,22,24,26). The Balaban J connectivity index is 1.55. The van der Waals surface area contributed by atoms with Crippen LogP contribution in [0.4, 0.5) is 4.39 Å². The number of aromatic nitrogens is 3. The van der Waals surface area contributed by atoms with Crippen molar-refractivity contribution in [2.24, 2.45) is 0 Å². The van der Waals surface area contributed by atoms with Gasteiger partial charge < -0.3 is 10.3 Å². The summed E-state index contributed by atoms with van der Waals surface area (Å²) in [5, 5.41) is 10.7. The quantitative estimate of drug-likeness (QED) is 0.712. The van der Waals surface area contributed by atoms with E-state index in [0.717, 1.165) is 11.1 Å². The maximum Gasteiger partial charge on any atom is 0.273 e. The van der Waals surface area contributed by atoms with Gasteiger partial charge in [0.1, 0.15) is 11.5 Å². The summed E-state index contributed by atoms with van der Waals surface area (Å²) in [6, 6.07) is 15.1. The van der Waals surface area contributed by atoms with E-state index in [1.165, 1.54) is 12.1 Å². The van der Waals surface area contributed by atoms with E-state index in [4.69, 9.17) is 0 Å². The van der Waals surface area contributed by atoms with Crippen molar-refractivity contribution < 1.29 is 9.18 Å². The molecule has 1 heterocycles. The summed E-state index contributed by atoms with van der Waals surface area (Å²) in [6.45, 7) is 0.300. The van der Waals surface area contributed by atoms with Crippen LogP contribution >= 0.6 is 0 Å². The molecule has 0 atom stereocenters. The first-order valence-corrected chi connectivity index (χ1v) is 8.14. The number of H-pyrrole nitrogens is 1. The molecule has 3 aromatic rings. The zero-order valence-corrected chi connectivity index (χ0v) is 13.9. The first-order valence-electron chi connectivity index (χ1n) is 8.14. The highest BCUT2D eigenvalue weighted by Gasteiger charge is 2.09. The van der Waals surface area contributed by atoms with Crippen molar-refractivity contribution in [2.75, 3.05) is 0 Å². The largest absolute Gasteiger partial charge is 0.352 e. The van der Waals surface area contributed by atoms with Gasteiger partial charge in [-0.05, 0) is 17.7 Å². The van der Waals surface area contributed by atoms with E-state index in [1.54, 1.807) is 12.1 Å². The molecule has 0 fully saturated rings. The monoisotopic (exact) mass is 352 g/mol. The summed E-state index contributed by atoms with van der Waals surface area (Å²) in [5.74, 6) is -0.153. The summed E-state index contributed by atoms with van der Waals surface area (Å²) in [5.41, 5.74) is 1.41. The van der Waals surface area contributed by atoms with Gasteiger partial charge in [0.15, 0.2) is 5.82 Å². The molecule has 0 radical (unpaired) electrons. The Bertz CT molecular complexity index is 940. The van der Waals surface area contributed by atoms with Crippen LogP contribution in [0.15, 0.2) is 59.4 Å². The fourth-order valence-corrected chi connectivity index (χ4v) is 2.37. The molecule has 26 heavy (non-hydrogen) atoms. The van der Waals surface area contributed by atoms with Crippen LogP contribution in [-0.2, 0) is 17.8 Å². The number of carbonyl (C=O) groups excluding carboxylic acids is 1. The molecule has 1 amide bonds. The molecule has 0 aliphatic rings. The molecular formula is C19H17FN4O2. The number of nitrogens with one attached hydrogen (secondary N) is 2. The predicted molar refractivity (Wildman–Crippen MR) is 94.7 cm³/mol. The summed E-state index contributed by atoms with van der Waals surface area (Å²) in [6.07, 6.45) is 0.302. The lowest BCUT2D eigenvalue weighted by atomic mass is 10.2. The number of amides is 1. The Morgan fingerprint density at radius 3 is 2.46 bits per heavy atom. The third-order valence-electron chi connectivity index (χ3n) is 3.80. The van der Waals surface area contributed by atoms with Crippen molar-refractivity contribution in [3.63, 3.8) is 0 Å². The normalized spacial score (nSPS) is 10.5. The van der Waals surface area contributed by atoms with Crippen LogP contribution in [0.2, 0.25) is 0 Å². The zero-order chi connectivity index (χ0) is 18.4. The average Bonchev–Trinajstić information content (AvgIpc) is 2.67. The van der Waals surface area contributed by atoms with Crippen molar-refractivity contribution in [1.82, 2.24) is 20.5 Å². The highest BCUT2D eigenvalue weighted by atomic mass is 19.1. The number of nitrogens with zero attached hydrogens (tertiary/aromatic N) is 2. The Kier molecular flexibility index (Phi) is 5.48. The van der Waals surface area contributed by atoms with E-state index in [1.807, 2.05) is 30.3 Å². The Hall–Kier alpha value is -3.35. The van der Waals surface area contributed by atoms with E-state index < -0.39 is 0 Å². The second-order valence-electron chi connectivity index (χ2n) is 5.72. The van der Waals surface area contributed by atoms with E-state index in [0.29, 0.717) is 12.4 Å². The molecule has 0 bridgehead atoms. The molecular weight excluding hydrogens is 335 g/mol. The van der Waals surface area contributed by atoms with Crippen LogP contribution in [0.3, 0.4) is 0 Å². The second-order valence-corrected chi connectivity index (χ2v) is 5.72. The van der Waals surface area contributed by atoms with Crippen molar-refractivity contribution in [1.29, 1.82) is 0 Å². The molecule has 1 aromatic heterocycles. The van der Waals surface area contributed by atoms with Gasteiger partial charge in [0.25, 0.3) is 5.56 Å². The van der Waals surface area contributed by atoms with Gasteiger partial charge in [-0.2, -0.15) is 0 Å². The van der Waals surface area contributed by atoms with Crippen LogP contribution in [0.5, 0.6) is 0 Å². The van der Waals surface area contributed by atoms with E-state index in [-0.39, 0.29) is 35.8 Å². The van der Waals surface area contributed by atoms with Crippen LogP contribution in [-0.4, -0.2) is 21.1 Å². The lowest BCUT2D eigenvalue weighted by Crippen LogP contribution is -2.25. The Labute approximate surface area is 149 Å². The van der Waals surface area contributed by atoms with Gasteiger partial charge >= 0.3 is 0 Å². The van der Waals surface area contributed by atoms with Gasteiger partial charge in [-0.25, -0.2) is 4.39 Å². The second kappa shape index (κ2) is 8.15. The van der Waals surface area contributed by atoms with Crippen molar-refractivity contribution in [3.8, 4) is 11.4 Å². The third-order valence-corrected chi connectivity index (χ3v) is 3.80. The smallest absolute Gasteiger partial charge is 0.273 e. The minimum absolute atomic E-state index is 0.115. The van der Waals surface area contributed by atoms with Crippen molar-refractivity contribution in [3.05, 3.63) is 82.0 Å². The Morgan fingerprint density at radius 2 is 1.77 bits per heavy atom. The van der Waals surface area contributed by atoms with Gasteiger partial charge in [0, 0.05) is 24.9 Å². The van der Waals surface area contributed by atoms with Gasteiger partial charge in [-0.15, -0.1) is 10.2 Å². The number of rotatable bonds is 6. The first-order chi connectivity index (χ1) is 12.6. The Morgan fingerprint density at radius 1 is 1.04 bits per heavy atom. The summed E-state index contributed by atoms with van der Waals surface area (Å²) in [7, 11) is 0. The van der Waals surface area contributed by atoms with Crippen LogP contribution in [0.1, 0.15) is 17.7 Å². The predicted octanol–water partition coefficient (Wildman–Crippen LogP) is 2.22. The van der Waals surface area contributed by atoms with Crippen LogP contribution < -0.4 is 10.9 Å². The van der Waals surface area contributed by atoms with E-state index >= 15 is 0 Å². The lowest BCUT2D eigenvalue weighted by Gasteiger charge is -2.05. The highest BCUT2D eigenvalue weighted by molar-refractivity contribution is 5.76. The molecule has 2 N–H and O–H groups in total. The zero-order valence-electron chi connectivity index (χ0n) is 13.9. The molecule has 7 heteroatoms. The van der Waals surface area contributed by atoms with Gasteiger partial charge in [-0.1, -0.05) is 42.5 Å². The number of carbonyl (C=O) groups is 1. The summed E-state index contributed by atoms with van der Waals surface area (Å²) < 4.78 is 12.8. The number of aryl methyl sites for hydroxylation is 1. The minimum atomic E-state index is -0.356. The van der Waals surface area contributed by atoms with Crippen LogP contribution in [0, 0.1) is 5.82 Å². The number of benzene rings is 2. The lowest BCUT2D eigenvalue weighted by molar-refractivity contribution is -0.121. The number of halogens is 1. The number of hydrogen-bond donors (Lipinski definition) is 2. The average molecular weight is 352 g/mol. The van der Waals surface area contributed by atoms with Gasteiger partial charge in [-0.3, -0.25) is 9.59 Å². The highest BCUT2D eigenvalue weighted by Crippen LogP contribution is 2.11. The fourth-order valence-electron chi connectivity index (χ4n) is 2.37. The molecule has 0 saturated carbocycles. The molecule has 0 saturated heterocycles. The SMILES string of the molecule is O=C(CCc1nnc(-c2ccccc2)[nH]c1=O)NCc1ccc(F)cc1. The molecule has 3 rings (SSSR count). The molecule has 2 aromatic carbocycles. The van der Waals surface area contributed by atoms with Gasteiger partial charge in [0.2, 0.25) is 5.91 Å². The summed E-state index contributed by atoms with van der Waals surface area (Å²) >= 11 is 0. The molecule has 0 spiro atoms. The number of hydrogen-bond acceptors (Lipinski definition) is 4. The molecule has 132 valence electrons. The maximum absolute atomic E-state index is 12.8. The first kappa shape index (κ1) is 17.5. The maximum atomic E-state index is 12.8. The fraction of sp³-hybridized carbons (Fsp3) is 0.158. The van der Waals surface area contributed by atoms with Crippen LogP contribution in [0.25, 0.3) is 11.4 Å².